The molecule has 2 amide bonds. The molecule has 2 aromatic carbocycles. The molecule has 120 valence electrons. The molecule has 0 aliphatic carbocycles. The summed E-state index contributed by atoms with van der Waals surface area (Å²) in [6.07, 6.45) is 0. The summed E-state index contributed by atoms with van der Waals surface area (Å²) in [6.45, 7) is 0. The minimum Gasteiger partial charge on any atom is -0.479 e. The average Bonchev–Trinajstić information content (AvgIpc) is 2.49. The van der Waals surface area contributed by atoms with Crippen molar-refractivity contribution in [3.05, 3.63) is 64.7 Å². The van der Waals surface area contributed by atoms with Gasteiger partial charge in [-0.2, -0.15) is 0 Å². The van der Waals surface area contributed by atoms with Crippen LogP contribution in [0.4, 0.5) is 19.3 Å². The van der Waals surface area contributed by atoms with Crippen molar-refractivity contribution in [2.75, 3.05) is 5.32 Å². The molecule has 0 aromatic heterocycles. The molecule has 8 heteroatoms. The average molecular weight is 341 g/mol. The number of urea groups is 1. The zero-order valence-corrected chi connectivity index (χ0v) is 12.3. The minimum atomic E-state index is -1.38. The summed E-state index contributed by atoms with van der Waals surface area (Å²) >= 11 is 5.52. The van der Waals surface area contributed by atoms with E-state index in [1.54, 1.807) is 0 Å². The molecule has 0 saturated carbocycles. The van der Waals surface area contributed by atoms with Gasteiger partial charge in [-0.25, -0.2) is 18.4 Å². The minimum absolute atomic E-state index is 0.104. The first-order valence-corrected chi connectivity index (χ1v) is 6.75. The first-order chi connectivity index (χ1) is 10.9. The fraction of sp³-hybridized carbons (Fsp3) is 0.0667. The van der Waals surface area contributed by atoms with Crippen molar-refractivity contribution in [3.8, 4) is 0 Å². The summed E-state index contributed by atoms with van der Waals surface area (Å²) in [5, 5.41) is 13.6. The molecule has 0 saturated heterocycles. The maximum Gasteiger partial charge on any atom is 0.330 e. The van der Waals surface area contributed by atoms with E-state index in [1.165, 1.54) is 24.3 Å². The van der Waals surface area contributed by atoms with Gasteiger partial charge in [0.25, 0.3) is 0 Å². The molecule has 3 N–H and O–H groups in total. The Morgan fingerprint density at radius 1 is 1.09 bits per heavy atom. The van der Waals surface area contributed by atoms with E-state index in [2.05, 4.69) is 10.6 Å². The van der Waals surface area contributed by atoms with Gasteiger partial charge in [0.2, 0.25) is 0 Å². The Morgan fingerprint density at radius 3 is 2.30 bits per heavy atom. The first-order valence-electron chi connectivity index (χ1n) is 6.37. The number of carboxylic acids is 1. The predicted octanol–water partition coefficient (Wildman–Crippen LogP) is 3.57. The van der Waals surface area contributed by atoms with Gasteiger partial charge in [0, 0.05) is 5.69 Å². The molecule has 5 nitrogen and oxygen atoms in total. The standard InChI is InChI=1S/C15H11ClF2N2O3/c16-11-6-5-10(7-12(11)18)19-15(23)20-13(14(21)22)8-1-3-9(17)4-2-8/h1-7,13H,(H,21,22)(H2,19,20,23). The van der Waals surface area contributed by atoms with Crippen molar-refractivity contribution in [3.63, 3.8) is 0 Å². The van der Waals surface area contributed by atoms with Crippen molar-refractivity contribution in [2.24, 2.45) is 0 Å². The highest BCUT2D eigenvalue weighted by molar-refractivity contribution is 6.30. The van der Waals surface area contributed by atoms with Crippen LogP contribution >= 0.6 is 11.6 Å². The van der Waals surface area contributed by atoms with Crippen LogP contribution in [0.5, 0.6) is 0 Å². The van der Waals surface area contributed by atoms with E-state index < -0.39 is 29.7 Å². The van der Waals surface area contributed by atoms with Crippen molar-refractivity contribution in [2.45, 2.75) is 6.04 Å². The molecule has 0 radical (unpaired) electrons. The van der Waals surface area contributed by atoms with E-state index in [1.807, 2.05) is 0 Å². The molecule has 0 aliphatic heterocycles. The molecule has 0 aliphatic rings. The highest BCUT2D eigenvalue weighted by Crippen LogP contribution is 2.19. The third-order valence-electron chi connectivity index (χ3n) is 2.90. The lowest BCUT2D eigenvalue weighted by Gasteiger charge is -2.15. The Hall–Kier alpha value is -2.67. The second-order valence-electron chi connectivity index (χ2n) is 4.55. The summed E-state index contributed by atoms with van der Waals surface area (Å²) < 4.78 is 26.2. The Kier molecular flexibility index (Phi) is 5.13. The van der Waals surface area contributed by atoms with Gasteiger partial charge in [0.1, 0.15) is 11.6 Å². The van der Waals surface area contributed by atoms with Gasteiger partial charge in [-0.15, -0.1) is 0 Å². The number of carbonyl (C=O) groups excluding carboxylic acids is 1. The molecule has 0 bridgehead atoms. The van der Waals surface area contributed by atoms with E-state index >= 15 is 0 Å². The number of carbonyl (C=O) groups is 2. The van der Waals surface area contributed by atoms with Crippen LogP contribution in [0.25, 0.3) is 0 Å². The van der Waals surface area contributed by atoms with E-state index in [0.29, 0.717) is 0 Å². The summed E-state index contributed by atoms with van der Waals surface area (Å²) in [6, 6.07) is 6.03. The normalized spacial score (nSPS) is 11.6. The fourth-order valence-electron chi connectivity index (χ4n) is 1.82. The van der Waals surface area contributed by atoms with Crippen molar-refractivity contribution >= 4 is 29.3 Å². The van der Waals surface area contributed by atoms with Crippen LogP contribution in [-0.4, -0.2) is 17.1 Å². The number of amides is 2. The maximum absolute atomic E-state index is 13.3. The number of halogens is 3. The molecule has 2 rings (SSSR count). The number of nitrogens with one attached hydrogen (secondary N) is 2. The van der Waals surface area contributed by atoms with Crippen LogP contribution in [0.3, 0.4) is 0 Å². The third-order valence-corrected chi connectivity index (χ3v) is 3.21. The number of carboxylic acid groups (broad SMARTS) is 1. The molecule has 23 heavy (non-hydrogen) atoms. The molecule has 0 fully saturated rings. The van der Waals surface area contributed by atoms with Gasteiger partial charge in [-0.1, -0.05) is 23.7 Å². The molecular formula is C15H11ClF2N2O3. The van der Waals surface area contributed by atoms with E-state index in [0.717, 1.165) is 18.2 Å². The highest BCUT2D eigenvalue weighted by atomic mass is 35.5. The third kappa shape index (κ3) is 4.40. The Balaban J connectivity index is 2.10. The van der Waals surface area contributed by atoms with E-state index in [9.17, 15) is 23.5 Å². The van der Waals surface area contributed by atoms with E-state index in [4.69, 9.17) is 11.6 Å². The van der Waals surface area contributed by atoms with Crippen LogP contribution in [-0.2, 0) is 4.79 Å². The molecule has 1 atom stereocenters. The SMILES string of the molecule is O=C(Nc1ccc(Cl)c(F)c1)NC(C(=O)O)c1ccc(F)cc1. The van der Waals surface area contributed by atoms with Crippen LogP contribution in [0.1, 0.15) is 11.6 Å². The van der Waals surface area contributed by atoms with Gasteiger partial charge < -0.3 is 15.7 Å². The monoisotopic (exact) mass is 340 g/mol. The fourth-order valence-corrected chi connectivity index (χ4v) is 1.93. The zero-order chi connectivity index (χ0) is 17.0. The Bertz CT molecular complexity index is 738. The van der Waals surface area contributed by atoms with Crippen LogP contribution in [0, 0.1) is 11.6 Å². The number of aliphatic carboxylic acids is 1. The lowest BCUT2D eigenvalue weighted by Crippen LogP contribution is -2.36. The largest absolute Gasteiger partial charge is 0.479 e. The Labute approximate surface area is 134 Å². The second kappa shape index (κ2) is 7.06. The highest BCUT2D eigenvalue weighted by Gasteiger charge is 2.22. The van der Waals surface area contributed by atoms with Crippen LogP contribution in [0.2, 0.25) is 5.02 Å². The van der Waals surface area contributed by atoms with Gasteiger partial charge in [0.05, 0.1) is 5.02 Å². The van der Waals surface area contributed by atoms with Crippen molar-refractivity contribution in [1.82, 2.24) is 5.32 Å². The summed E-state index contributed by atoms with van der Waals surface area (Å²) in [5.74, 6) is -2.58. The molecule has 0 heterocycles. The van der Waals surface area contributed by atoms with Crippen LogP contribution < -0.4 is 10.6 Å². The maximum atomic E-state index is 13.3. The summed E-state index contributed by atoms with van der Waals surface area (Å²) in [7, 11) is 0. The predicted molar refractivity (Wildman–Crippen MR) is 80.3 cm³/mol. The Morgan fingerprint density at radius 2 is 1.74 bits per heavy atom. The lowest BCUT2D eigenvalue weighted by molar-refractivity contribution is -0.139. The number of rotatable bonds is 4. The molecule has 1 unspecified atom stereocenters. The van der Waals surface area contributed by atoms with Gasteiger partial charge in [-0.05, 0) is 35.9 Å². The molecule has 2 aromatic rings. The second-order valence-corrected chi connectivity index (χ2v) is 4.96. The van der Waals surface area contributed by atoms with Gasteiger partial charge in [-0.3, -0.25) is 0 Å². The van der Waals surface area contributed by atoms with Crippen LogP contribution in [0.15, 0.2) is 42.5 Å². The summed E-state index contributed by atoms with van der Waals surface area (Å²) in [4.78, 5) is 23.1. The first kappa shape index (κ1) is 16.7. The smallest absolute Gasteiger partial charge is 0.330 e. The number of anilines is 1. The quantitative estimate of drug-likeness (QED) is 0.796. The number of hydrogen-bond donors (Lipinski definition) is 3. The number of hydrogen-bond acceptors (Lipinski definition) is 2. The van der Waals surface area contributed by atoms with E-state index in [-0.39, 0.29) is 16.3 Å². The lowest BCUT2D eigenvalue weighted by atomic mass is 10.1. The zero-order valence-electron chi connectivity index (χ0n) is 11.5. The summed E-state index contributed by atoms with van der Waals surface area (Å²) in [5.41, 5.74) is 0.295. The number of benzene rings is 2. The van der Waals surface area contributed by atoms with Crippen molar-refractivity contribution < 1.29 is 23.5 Å². The molecule has 0 spiro atoms. The van der Waals surface area contributed by atoms with Gasteiger partial charge >= 0.3 is 12.0 Å². The molecular weight excluding hydrogens is 330 g/mol. The van der Waals surface area contributed by atoms with Gasteiger partial charge in [0.15, 0.2) is 6.04 Å². The topological polar surface area (TPSA) is 78.4 Å². The van der Waals surface area contributed by atoms with Crippen molar-refractivity contribution in [1.29, 1.82) is 0 Å².